The summed E-state index contributed by atoms with van der Waals surface area (Å²) in [6.07, 6.45) is 1.36. The van der Waals surface area contributed by atoms with Crippen LogP contribution in [0.5, 0.6) is 0 Å². The van der Waals surface area contributed by atoms with Crippen molar-refractivity contribution in [1.82, 2.24) is 0 Å². The maximum atomic E-state index is 11.6. The number of hydrogen-bond acceptors (Lipinski definition) is 3. The summed E-state index contributed by atoms with van der Waals surface area (Å²) >= 11 is 0. The predicted molar refractivity (Wildman–Crippen MR) is 76.3 cm³/mol. The fourth-order valence-electron chi connectivity index (χ4n) is 1.66. The van der Waals surface area contributed by atoms with E-state index >= 15 is 0 Å². The molecule has 4 heteroatoms. The van der Waals surface area contributed by atoms with E-state index in [1.54, 1.807) is 12.1 Å². The molecule has 0 radical (unpaired) electrons. The fourth-order valence-corrected chi connectivity index (χ4v) is 1.66. The molecule has 0 unspecified atom stereocenters. The molecule has 0 bridgehead atoms. The van der Waals surface area contributed by atoms with E-state index in [-0.39, 0.29) is 13.2 Å². The highest BCUT2D eigenvalue weighted by Gasteiger charge is 2.08. The van der Waals surface area contributed by atoms with Gasteiger partial charge in [-0.1, -0.05) is 48.5 Å². The zero-order valence-electron chi connectivity index (χ0n) is 10.9. The van der Waals surface area contributed by atoms with Crippen LogP contribution in [0.4, 0.5) is 0 Å². The summed E-state index contributed by atoms with van der Waals surface area (Å²) in [5.74, 6) is -0.545. The third kappa shape index (κ3) is 4.57. The highest BCUT2D eigenvalue weighted by Crippen LogP contribution is 2.00. The first-order valence-electron chi connectivity index (χ1n) is 6.27. The van der Waals surface area contributed by atoms with Crippen molar-refractivity contribution in [2.45, 2.75) is 6.61 Å². The summed E-state index contributed by atoms with van der Waals surface area (Å²) in [6.45, 7) is -0.138. The maximum absolute atomic E-state index is 11.6. The van der Waals surface area contributed by atoms with E-state index in [9.17, 15) is 10.0 Å². The van der Waals surface area contributed by atoms with Gasteiger partial charge in [-0.2, -0.15) is 4.74 Å². The van der Waals surface area contributed by atoms with Crippen molar-refractivity contribution in [3.05, 3.63) is 77.0 Å². The van der Waals surface area contributed by atoms with Gasteiger partial charge in [-0.3, -0.25) is 0 Å². The second kappa shape index (κ2) is 7.09. The van der Waals surface area contributed by atoms with Crippen LogP contribution in [0, 0.1) is 5.21 Å². The molecule has 20 heavy (non-hydrogen) atoms. The first-order chi connectivity index (χ1) is 9.74. The van der Waals surface area contributed by atoms with Gasteiger partial charge in [0.25, 0.3) is 0 Å². The van der Waals surface area contributed by atoms with Crippen LogP contribution in [0.1, 0.15) is 11.1 Å². The number of hydrogen-bond donors (Lipinski definition) is 0. The van der Waals surface area contributed by atoms with Gasteiger partial charge < -0.3 is 9.94 Å². The molecule has 0 saturated carbocycles. The third-order valence-electron chi connectivity index (χ3n) is 2.62. The Labute approximate surface area is 117 Å². The fraction of sp³-hybridized carbons (Fsp3) is 0.125. The van der Waals surface area contributed by atoms with E-state index in [2.05, 4.69) is 0 Å². The molecule has 0 heterocycles. The van der Waals surface area contributed by atoms with Gasteiger partial charge in [0.2, 0.25) is 6.54 Å². The highest BCUT2D eigenvalue weighted by atomic mass is 16.5. The average molecular weight is 269 g/mol. The summed E-state index contributed by atoms with van der Waals surface area (Å²) in [5, 5.41) is 11.6. The van der Waals surface area contributed by atoms with Gasteiger partial charge in [0.05, 0.1) is 0 Å². The van der Waals surface area contributed by atoms with E-state index in [1.807, 2.05) is 48.5 Å². The number of carbonyl (C=O) groups is 1. The molecule has 0 aromatic heterocycles. The van der Waals surface area contributed by atoms with Gasteiger partial charge in [0.1, 0.15) is 6.61 Å². The van der Waals surface area contributed by atoms with E-state index in [0.29, 0.717) is 4.74 Å². The van der Waals surface area contributed by atoms with Crippen LogP contribution in [0.15, 0.2) is 60.7 Å². The molecule has 0 saturated heterocycles. The van der Waals surface area contributed by atoms with Crippen LogP contribution < -0.4 is 0 Å². The van der Waals surface area contributed by atoms with Crippen molar-refractivity contribution in [1.29, 1.82) is 0 Å². The molecule has 2 rings (SSSR count). The SMILES string of the molecule is O=C(C[N+]([O-])=Cc1ccccc1)OCc1ccccc1. The van der Waals surface area contributed by atoms with E-state index in [4.69, 9.17) is 4.74 Å². The lowest BCUT2D eigenvalue weighted by Gasteiger charge is -2.05. The lowest BCUT2D eigenvalue weighted by atomic mass is 10.2. The Morgan fingerprint density at radius 1 is 1.05 bits per heavy atom. The number of nitrogens with zero attached hydrogens (tertiary/aromatic N) is 1. The number of ether oxygens (including phenoxy) is 1. The molecule has 4 nitrogen and oxygen atoms in total. The number of rotatable bonds is 5. The quantitative estimate of drug-likeness (QED) is 0.275. The minimum atomic E-state index is -0.545. The summed E-state index contributed by atoms with van der Waals surface area (Å²) < 4.78 is 5.61. The van der Waals surface area contributed by atoms with Gasteiger partial charge in [-0.15, -0.1) is 0 Å². The second-order valence-electron chi connectivity index (χ2n) is 4.26. The summed E-state index contributed by atoms with van der Waals surface area (Å²) in [4.78, 5) is 11.5. The maximum Gasteiger partial charge on any atom is 0.373 e. The zero-order valence-corrected chi connectivity index (χ0v) is 10.9. The van der Waals surface area contributed by atoms with E-state index in [0.717, 1.165) is 11.1 Å². The first-order valence-corrected chi connectivity index (χ1v) is 6.27. The molecule has 102 valence electrons. The summed E-state index contributed by atoms with van der Waals surface area (Å²) in [5.41, 5.74) is 1.64. The smallest absolute Gasteiger partial charge is 0.373 e. The minimum Gasteiger partial charge on any atom is -0.623 e. The molecule has 0 aliphatic rings. The van der Waals surface area contributed by atoms with E-state index < -0.39 is 5.97 Å². The van der Waals surface area contributed by atoms with Crippen LogP contribution in [0.25, 0.3) is 0 Å². The Morgan fingerprint density at radius 3 is 2.30 bits per heavy atom. The van der Waals surface area contributed by atoms with Gasteiger partial charge in [-0.05, 0) is 17.7 Å². The molecule has 2 aromatic carbocycles. The van der Waals surface area contributed by atoms with Gasteiger partial charge >= 0.3 is 5.97 Å². The van der Waals surface area contributed by atoms with Crippen molar-refractivity contribution in [2.75, 3.05) is 6.54 Å². The Kier molecular flexibility index (Phi) is 4.89. The average Bonchev–Trinajstić information content (AvgIpc) is 2.47. The molecule has 0 spiro atoms. The third-order valence-corrected chi connectivity index (χ3v) is 2.62. The Hall–Kier alpha value is -2.62. The largest absolute Gasteiger partial charge is 0.623 e. The topological polar surface area (TPSA) is 52.4 Å². The predicted octanol–water partition coefficient (Wildman–Crippen LogP) is 2.36. The van der Waals surface area contributed by atoms with E-state index in [1.165, 1.54) is 6.21 Å². The molecule has 0 aliphatic heterocycles. The van der Waals surface area contributed by atoms with Crippen LogP contribution in [-0.4, -0.2) is 23.5 Å². The van der Waals surface area contributed by atoms with Crippen LogP contribution >= 0.6 is 0 Å². The lowest BCUT2D eigenvalue weighted by Crippen LogP contribution is -2.19. The van der Waals surface area contributed by atoms with Crippen LogP contribution in [0.3, 0.4) is 0 Å². The molecular weight excluding hydrogens is 254 g/mol. The minimum absolute atomic E-state index is 0.179. The van der Waals surface area contributed by atoms with Crippen molar-refractivity contribution in [3.8, 4) is 0 Å². The zero-order chi connectivity index (χ0) is 14.2. The van der Waals surface area contributed by atoms with Crippen molar-refractivity contribution < 1.29 is 14.3 Å². The van der Waals surface area contributed by atoms with Crippen molar-refractivity contribution in [3.63, 3.8) is 0 Å². The van der Waals surface area contributed by atoms with Gasteiger partial charge in [0.15, 0.2) is 6.21 Å². The summed E-state index contributed by atoms with van der Waals surface area (Å²) in [7, 11) is 0. The standard InChI is InChI=1S/C16H15NO3/c18-16(20-13-15-9-5-2-6-10-15)12-17(19)11-14-7-3-1-4-8-14/h1-11H,12-13H2. The first kappa shape index (κ1) is 13.8. The Bertz CT molecular complexity index is 579. The van der Waals surface area contributed by atoms with Crippen LogP contribution in [-0.2, 0) is 16.1 Å². The normalized spacial score (nSPS) is 11.1. The van der Waals surface area contributed by atoms with Crippen molar-refractivity contribution >= 4 is 12.2 Å². The number of hydroxylamine groups is 1. The lowest BCUT2D eigenvalue weighted by molar-refractivity contribution is -0.443. The monoisotopic (exact) mass is 269 g/mol. The molecular formula is C16H15NO3. The second-order valence-corrected chi connectivity index (χ2v) is 4.26. The summed E-state index contributed by atoms with van der Waals surface area (Å²) in [6, 6.07) is 18.4. The molecule has 0 atom stereocenters. The van der Waals surface area contributed by atoms with Crippen LogP contribution in [0.2, 0.25) is 0 Å². The highest BCUT2D eigenvalue weighted by molar-refractivity contribution is 5.77. The Balaban J connectivity index is 1.84. The van der Waals surface area contributed by atoms with Crippen molar-refractivity contribution in [2.24, 2.45) is 0 Å². The molecule has 0 fully saturated rings. The Morgan fingerprint density at radius 2 is 1.65 bits per heavy atom. The molecule has 2 aromatic rings. The van der Waals surface area contributed by atoms with Gasteiger partial charge in [-0.25, -0.2) is 4.79 Å². The van der Waals surface area contributed by atoms with Gasteiger partial charge in [0, 0.05) is 5.56 Å². The molecule has 0 aliphatic carbocycles. The molecule has 0 N–H and O–H groups in total. The number of carbonyl (C=O) groups excluding carboxylic acids is 1. The number of esters is 1. The molecule has 0 amide bonds. The number of benzene rings is 2.